The van der Waals surface area contributed by atoms with Crippen LogP contribution in [-0.2, 0) is 21.4 Å². The summed E-state index contributed by atoms with van der Waals surface area (Å²) in [6, 6.07) is 16.3. The molecule has 0 fully saturated rings. The molecule has 3 aromatic rings. The van der Waals surface area contributed by atoms with Gasteiger partial charge in [0.1, 0.15) is 17.3 Å². The van der Waals surface area contributed by atoms with Crippen LogP contribution in [-0.4, -0.2) is 45.6 Å². The SMILES string of the molecule is COc1ccc(/C=N\NC(=O)CN(Cc2ccco2)S(=O)(=O)c2ccccc2)c(OC)c1. The predicted molar refractivity (Wildman–Crippen MR) is 118 cm³/mol. The van der Waals surface area contributed by atoms with Gasteiger partial charge in [-0.3, -0.25) is 4.79 Å². The lowest BCUT2D eigenvalue weighted by molar-refractivity contribution is -0.121. The Hall–Kier alpha value is -3.63. The van der Waals surface area contributed by atoms with Gasteiger partial charge in [-0.05, 0) is 36.4 Å². The van der Waals surface area contributed by atoms with E-state index in [1.54, 1.807) is 55.6 Å². The molecule has 1 aromatic heterocycles. The molecule has 1 amide bonds. The van der Waals surface area contributed by atoms with E-state index in [1.165, 1.54) is 31.7 Å². The molecule has 168 valence electrons. The predicted octanol–water partition coefficient (Wildman–Crippen LogP) is 2.64. The van der Waals surface area contributed by atoms with Crippen molar-refractivity contribution in [1.29, 1.82) is 0 Å². The van der Waals surface area contributed by atoms with Crippen LogP contribution in [0, 0.1) is 0 Å². The normalized spacial score (nSPS) is 11.6. The van der Waals surface area contributed by atoms with Crippen molar-refractivity contribution in [3.63, 3.8) is 0 Å². The summed E-state index contributed by atoms with van der Waals surface area (Å²) in [6.45, 7) is -0.553. The summed E-state index contributed by atoms with van der Waals surface area (Å²) >= 11 is 0. The summed E-state index contributed by atoms with van der Waals surface area (Å²) in [4.78, 5) is 12.6. The Kier molecular flexibility index (Phi) is 7.63. The quantitative estimate of drug-likeness (QED) is 0.370. The number of sulfonamides is 1. The van der Waals surface area contributed by atoms with Crippen molar-refractivity contribution in [3.8, 4) is 11.5 Å². The van der Waals surface area contributed by atoms with Crippen LogP contribution in [0.4, 0.5) is 0 Å². The Morgan fingerprint density at radius 3 is 2.53 bits per heavy atom. The third kappa shape index (κ3) is 5.74. The number of rotatable bonds is 10. The molecule has 3 rings (SSSR count). The van der Waals surface area contributed by atoms with Gasteiger partial charge in [0, 0.05) is 11.6 Å². The van der Waals surface area contributed by atoms with Crippen LogP contribution >= 0.6 is 0 Å². The van der Waals surface area contributed by atoms with E-state index in [0.29, 0.717) is 22.8 Å². The third-order valence-corrected chi connectivity index (χ3v) is 6.25. The van der Waals surface area contributed by atoms with Crippen molar-refractivity contribution in [2.24, 2.45) is 5.10 Å². The monoisotopic (exact) mass is 457 g/mol. The van der Waals surface area contributed by atoms with Gasteiger partial charge in [0.25, 0.3) is 5.91 Å². The summed E-state index contributed by atoms with van der Waals surface area (Å²) in [5, 5.41) is 3.92. The molecule has 0 saturated carbocycles. The summed E-state index contributed by atoms with van der Waals surface area (Å²) < 4.78 is 42.9. The van der Waals surface area contributed by atoms with Crippen molar-refractivity contribution in [3.05, 3.63) is 78.3 Å². The average Bonchev–Trinajstić information content (AvgIpc) is 3.32. The van der Waals surface area contributed by atoms with E-state index in [0.717, 1.165) is 4.31 Å². The fourth-order valence-electron chi connectivity index (χ4n) is 2.84. The molecule has 2 aromatic carbocycles. The Morgan fingerprint density at radius 1 is 1.09 bits per heavy atom. The number of ether oxygens (including phenoxy) is 2. The summed E-state index contributed by atoms with van der Waals surface area (Å²) in [5.41, 5.74) is 2.96. The Labute approximate surface area is 186 Å². The second kappa shape index (κ2) is 10.6. The van der Waals surface area contributed by atoms with Crippen LogP contribution in [0.2, 0.25) is 0 Å². The van der Waals surface area contributed by atoms with Gasteiger partial charge in [-0.15, -0.1) is 0 Å². The van der Waals surface area contributed by atoms with Gasteiger partial charge in [0.15, 0.2) is 0 Å². The van der Waals surface area contributed by atoms with Gasteiger partial charge in [0.2, 0.25) is 10.0 Å². The highest BCUT2D eigenvalue weighted by molar-refractivity contribution is 7.89. The fraction of sp³-hybridized carbons (Fsp3) is 0.182. The minimum Gasteiger partial charge on any atom is -0.497 e. The molecule has 0 spiro atoms. The summed E-state index contributed by atoms with van der Waals surface area (Å²) in [5.74, 6) is 0.916. The number of amides is 1. The highest BCUT2D eigenvalue weighted by Crippen LogP contribution is 2.23. The lowest BCUT2D eigenvalue weighted by Gasteiger charge is -2.20. The van der Waals surface area contributed by atoms with Gasteiger partial charge in [-0.1, -0.05) is 18.2 Å². The van der Waals surface area contributed by atoms with Crippen LogP contribution in [0.3, 0.4) is 0 Å². The van der Waals surface area contributed by atoms with E-state index in [9.17, 15) is 13.2 Å². The molecule has 9 nitrogen and oxygen atoms in total. The molecule has 0 aliphatic rings. The first-order chi connectivity index (χ1) is 15.4. The van der Waals surface area contributed by atoms with Crippen molar-refractivity contribution < 1.29 is 27.1 Å². The van der Waals surface area contributed by atoms with Gasteiger partial charge in [-0.2, -0.15) is 9.41 Å². The van der Waals surface area contributed by atoms with Crippen LogP contribution in [0.15, 0.2) is 81.3 Å². The first-order valence-corrected chi connectivity index (χ1v) is 11.0. The van der Waals surface area contributed by atoms with Crippen LogP contribution in [0.25, 0.3) is 0 Å². The largest absolute Gasteiger partial charge is 0.497 e. The van der Waals surface area contributed by atoms with Crippen molar-refractivity contribution in [2.75, 3.05) is 20.8 Å². The molecule has 1 N–H and O–H groups in total. The van der Waals surface area contributed by atoms with E-state index in [4.69, 9.17) is 13.9 Å². The average molecular weight is 458 g/mol. The molecule has 0 aliphatic heterocycles. The Balaban J connectivity index is 1.73. The number of benzene rings is 2. The number of hydrogen-bond acceptors (Lipinski definition) is 7. The van der Waals surface area contributed by atoms with E-state index in [-0.39, 0.29) is 11.4 Å². The van der Waals surface area contributed by atoms with Gasteiger partial charge in [0.05, 0.1) is 44.7 Å². The maximum Gasteiger partial charge on any atom is 0.255 e. The number of carbonyl (C=O) groups is 1. The minimum absolute atomic E-state index is 0.0748. The van der Waals surface area contributed by atoms with E-state index >= 15 is 0 Å². The number of hydrogen-bond donors (Lipinski definition) is 1. The zero-order valence-corrected chi connectivity index (χ0v) is 18.4. The second-order valence-electron chi connectivity index (χ2n) is 6.57. The number of methoxy groups -OCH3 is 2. The fourth-order valence-corrected chi connectivity index (χ4v) is 4.22. The smallest absolute Gasteiger partial charge is 0.255 e. The third-order valence-electron chi connectivity index (χ3n) is 4.45. The second-order valence-corrected chi connectivity index (χ2v) is 8.50. The molecule has 0 bridgehead atoms. The molecule has 32 heavy (non-hydrogen) atoms. The molecule has 0 aliphatic carbocycles. The molecule has 1 heterocycles. The highest BCUT2D eigenvalue weighted by atomic mass is 32.2. The zero-order chi connectivity index (χ0) is 23.0. The van der Waals surface area contributed by atoms with Crippen molar-refractivity contribution in [2.45, 2.75) is 11.4 Å². The lowest BCUT2D eigenvalue weighted by Crippen LogP contribution is -2.39. The molecule has 0 unspecified atom stereocenters. The van der Waals surface area contributed by atoms with E-state index in [2.05, 4.69) is 10.5 Å². The lowest BCUT2D eigenvalue weighted by atomic mass is 10.2. The highest BCUT2D eigenvalue weighted by Gasteiger charge is 2.27. The first-order valence-electron chi connectivity index (χ1n) is 9.55. The Bertz CT molecular complexity index is 1160. The molecule has 10 heteroatoms. The van der Waals surface area contributed by atoms with Crippen LogP contribution < -0.4 is 14.9 Å². The number of carbonyl (C=O) groups excluding carboxylic acids is 1. The first kappa shape index (κ1) is 23.0. The summed E-state index contributed by atoms with van der Waals surface area (Å²) in [7, 11) is -0.893. The van der Waals surface area contributed by atoms with E-state index < -0.39 is 22.5 Å². The maximum atomic E-state index is 13.1. The van der Waals surface area contributed by atoms with Gasteiger partial charge in [-0.25, -0.2) is 13.8 Å². The van der Waals surface area contributed by atoms with Gasteiger partial charge < -0.3 is 13.9 Å². The van der Waals surface area contributed by atoms with Crippen molar-refractivity contribution >= 4 is 22.1 Å². The molecule has 0 radical (unpaired) electrons. The van der Waals surface area contributed by atoms with Crippen molar-refractivity contribution in [1.82, 2.24) is 9.73 Å². The Morgan fingerprint density at radius 2 is 1.88 bits per heavy atom. The molecular formula is C22H23N3O6S. The molecule has 0 saturated heterocycles. The van der Waals surface area contributed by atoms with Gasteiger partial charge >= 0.3 is 0 Å². The van der Waals surface area contributed by atoms with Crippen LogP contribution in [0.5, 0.6) is 11.5 Å². The summed E-state index contributed by atoms with van der Waals surface area (Å²) in [6.07, 6.45) is 2.84. The number of nitrogens with one attached hydrogen (secondary N) is 1. The number of nitrogens with zero attached hydrogens (tertiary/aromatic N) is 2. The molecule has 0 atom stereocenters. The number of hydrazone groups is 1. The van der Waals surface area contributed by atoms with Crippen LogP contribution in [0.1, 0.15) is 11.3 Å². The zero-order valence-electron chi connectivity index (χ0n) is 17.6. The minimum atomic E-state index is -3.94. The number of furan rings is 1. The molecular weight excluding hydrogens is 434 g/mol. The standard InChI is InChI=1S/C22H23N3O6S/c1-29-18-11-10-17(21(13-18)30-2)14-23-24-22(26)16-25(15-19-7-6-12-31-19)32(27,28)20-8-4-3-5-9-20/h3-14H,15-16H2,1-2H3,(H,24,26)/b23-14-. The topological polar surface area (TPSA) is 110 Å². The maximum absolute atomic E-state index is 13.1. The van der Waals surface area contributed by atoms with E-state index in [1.807, 2.05) is 0 Å².